The Morgan fingerprint density at radius 2 is 2.29 bits per heavy atom. The minimum Gasteiger partial charge on any atom is -0.310 e. The minimum atomic E-state index is 0.472. The van der Waals surface area contributed by atoms with Crippen LogP contribution in [0, 0.1) is 0 Å². The number of nitrogens with one attached hydrogen (secondary N) is 1. The molecule has 0 aliphatic heterocycles. The molecule has 0 aliphatic carbocycles. The Morgan fingerprint density at radius 3 is 2.94 bits per heavy atom. The molecule has 2 nitrogen and oxygen atoms in total. The third-order valence-electron chi connectivity index (χ3n) is 2.78. The van der Waals surface area contributed by atoms with E-state index in [2.05, 4.69) is 40.8 Å². The summed E-state index contributed by atoms with van der Waals surface area (Å²) in [5, 5.41) is 5.69. The minimum absolute atomic E-state index is 0.472. The highest BCUT2D eigenvalue weighted by atomic mass is 32.1. The summed E-state index contributed by atoms with van der Waals surface area (Å²) < 4.78 is 0. The van der Waals surface area contributed by atoms with Crippen molar-refractivity contribution < 1.29 is 0 Å². The summed E-state index contributed by atoms with van der Waals surface area (Å²) in [6.07, 6.45) is 5.98. The van der Waals surface area contributed by atoms with E-state index >= 15 is 0 Å². The van der Waals surface area contributed by atoms with Crippen LogP contribution in [-0.2, 0) is 6.42 Å². The molecule has 0 aromatic carbocycles. The molecule has 1 atom stereocenters. The highest BCUT2D eigenvalue weighted by Gasteiger charge is 2.10. The summed E-state index contributed by atoms with van der Waals surface area (Å²) in [6, 6.07) is 8.95. The van der Waals surface area contributed by atoms with Crippen LogP contribution in [0.3, 0.4) is 0 Å². The van der Waals surface area contributed by atoms with Crippen LogP contribution in [0.5, 0.6) is 0 Å². The number of nitrogens with zero attached hydrogens (tertiary/aromatic N) is 1. The molecule has 0 fully saturated rings. The van der Waals surface area contributed by atoms with E-state index in [-0.39, 0.29) is 0 Å². The van der Waals surface area contributed by atoms with E-state index < -0.39 is 0 Å². The standard InChI is InChI=1S/C14H18N2S/c1-2-16-13(14-6-4-10-17-14)8-7-12-5-3-9-15-11-12/h3-6,9-11,13,16H,2,7-8H2,1H3. The molecule has 0 bridgehead atoms. The molecule has 2 rings (SSSR count). The quantitative estimate of drug-likeness (QED) is 0.844. The monoisotopic (exact) mass is 246 g/mol. The highest BCUT2D eigenvalue weighted by molar-refractivity contribution is 7.10. The van der Waals surface area contributed by atoms with Gasteiger partial charge in [0.15, 0.2) is 0 Å². The molecule has 1 N–H and O–H groups in total. The summed E-state index contributed by atoms with van der Waals surface area (Å²) in [4.78, 5) is 5.58. The van der Waals surface area contributed by atoms with E-state index in [9.17, 15) is 0 Å². The zero-order valence-electron chi connectivity index (χ0n) is 10.1. The van der Waals surface area contributed by atoms with Crippen molar-refractivity contribution in [3.63, 3.8) is 0 Å². The number of aromatic nitrogens is 1. The Bertz CT molecular complexity index is 411. The average molecular weight is 246 g/mol. The first-order valence-electron chi connectivity index (χ1n) is 6.06. The smallest absolute Gasteiger partial charge is 0.0417 e. The second kappa shape index (κ2) is 6.52. The number of rotatable bonds is 6. The molecule has 0 saturated carbocycles. The van der Waals surface area contributed by atoms with Gasteiger partial charge in [0.2, 0.25) is 0 Å². The van der Waals surface area contributed by atoms with Gasteiger partial charge in [0.05, 0.1) is 0 Å². The molecule has 0 amide bonds. The third-order valence-corrected chi connectivity index (χ3v) is 3.77. The van der Waals surface area contributed by atoms with Crippen molar-refractivity contribution in [2.24, 2.45) is 0 Å². The van der Waals surface area contributed by atoms with Gasteiger partial charge >= 0.3 is 0 Å². The largest absolute Gasteiger partial charge is 0.310 e. The molecular weight excluding hydrogens is 228 g/mol. The lowest BCUT2D eigenvalue weighted by molar-refractivity contribution is 0.522. The molecule has 0 saturated heterocycles. The van der Waals surface area contributed by atoms with E-state index in [1.807, 2.05) is 29.8 Å². The fraction of sp³-hybridized carbons (Fsp3) is 0.357. The van der Waals surface area contributed by atoms with E-state index in [0.29, 0.717) is 6.04 Å². The molecule has 17 heavy (non-hydrogen) atoms. The molecular formula is C14H18N2S. The van der Waals surface area contributed by atoms with Crippen LogP contribution in [0.25, 0.3) is 0 Å². The topological polar surface area (TPSA) is 24.9 Å². The fourth-order valence-corrected chi connectivity index (χ4v) is 2.77. The molecule has 0 aliphatic rings. The van der Waals surface area contributed by atoms with Crippen LogP contribution in [0.4, 0.5) is 0 Å². The van der Waals surface area contributed by atoms with Crippen molar-refractivity contribution in [1.29, 1.82) is 0 Å². The lowest BCUT2D eigenvalue weighted by atomic mass is 10.1. The summed E-state index contributed by atoms with van der Waals surface area (Å²) >= 11 is 1.83. The van der Waals surface area contributed by atoms with Gasteiger partial charge in [0.1, 0.15) is 0 Å². The average Bonchev–Trinajstić information content (AvgIpc) is 2.89. The zero-order valence-corrected chi connectivity index (χ0v) is 10.9. The number of hydrogen-bond acceptors (Lipinski definition) is 3. The second-order valence-electron chi connectivity index (χ2n) is 4.03. The summed E-state index contributed by atoms with van der Waals surface area (Å²) in [5.41, 5.74) is 1.31. The van der Waals surface area contributed by atoms with Crippen molar-refractivity contribution in [2.75, 3.05) is 6.54 Å². The molecule has 3 heteroatoms. The Kier molecular flexibility index (Phi) is 4.71. The second-order valence-corrected chi connectivity index (χ2v) is 5.00. The van der Waals surface area contributed by atoms with Crippen LogP contribution in [-0.4, -0.2) is 11.5 Å². The summed E-state index contributed by atoms with van der Waals surface area (Å²) in [6.45, 7) is 3.17. The predicted octanol–water partition coefficient (Wildman–Crippen LogP) is 3.43. The number of thiophene rings is 1. The Labute approximate surface area is 107 Å². The predicted molar refractivity (Wildman–Crippen MR) is 73.3 cm³/mol. The SMILES string of the molecule is CCNC(CCc1cccnc1)c1cccs1. The van der Waals surface area contributed by atoms with Gasteiger partial charge in [-0.3, -0.25) is 4.98 Å². The number of pyridine rings is 1. The number of hydrogen-bond donors (Lipinski definition) is 1. The van der Waals surface area contributed by atoms with E-state index in [4.69, 9.17) is 0 Å². The Hall–Kier alpha value is -1.19. The molecule has 90 valence electrons. The lowest BCUT2D eigenvalue weighted by Gasteiger charge is -2.16. The first-order chi connectivity index (χ1) is 8.40. The molecule has 1 unspecified atom stereocenters. The maximum atomic E-state index is 4.15. The number of aryl methyl sites for hydroxylation is 1. The van der Waals surface area contributed by atoms with Crippen molar-refractivity contribution >= 4 is 11.3 Å². The third kappa shape index (κ3) is 3.65. The van der Waals surface area contributed by atoms with Gasteiger partial charge < -0.3 is 5.32 Å². The van der Waals surface area contributed by atoms with Gasteiger partial charge in [-0.2, -0.15) is 0 Å². The highest BCUT2D eigenvalue weighted by Crippen LogP contribution is 2.23. The lowest BCUT2D eigenvalue weighted by Crippen LogP contribution is -2.20. The van der Waals surface area contributed by atoms with Crippen molar-refractivity contribution in [3.8, 4) is 0 Å². The molecule has 2 aromatic heterocycles. The van der Waals surface area contributed by atoms with Gasteiger partial charge in [-0.25, -0.2) is 0 Å². The molecule has 2 aromatic rings. The zero-order chi connectivity index (χ0) is 11.9. The van der Waals surface area contributed by atoms with Crippen LogP contribution in [0.1, 0.15) is 29.8 Å². The van der Waals surface area contributed by atoms with Crippen molar-refractivity contribution in [1.82, 2.24) is 10.3 Å². The van der Waals surface area contributed by atoms with Crippen LogP contribution < -0.4 is 5.32 Å². The summed E-state index contributed by atoms with van der Waals surface area (Å²) in [5.74, 6) is 0. The van der Waals surface area contributed by atoms with Crippen molar-refractivity contribution in [3.05, 3.63) is 52.5 Å². The van der Waals surface area contributed by atoms with Gasteiger partial charge in [0, 0.05) is 23.3 Å². The maximum Gasteiger partial charge on any atom is 0.0417 e. The summed E-state index contributed by atoms with van der Waals surface area (Å²) in [7, 11) is 0. The van der Waals surface area contributed by atoms with Crippen LogP contribution in [0.15, 0.2) is 42.0 Å². The van der Waals surface area contributed by atoms with Crippen molar-refractivity contribution in [2.45, 2.75) is 25.8 Å². The van der Waals surface area contributed by atoms with E-state index in [1.54, 1.807) is 0 Å². The normalized spacial score (nSPS) is 12.5. The molecule has 0 spiro atoms. The fourth-order valence-electron chi connectivity index (χ4n) is 1.94. The first-order valence-corrected chi connectivity index (χ1v) is 6.94. The molecule has 0 radical (unpaired) electrons. The van der Waals surface area contributed by atoms with Gasteiger partial charge in [0.25, 0.3) is 0 Å². The van der Waals surface area contributed by atoms with E-state index in [1.165, 1.54) is 10.4 Å². The van der Waals surface area contributed by atoms with E-state index in [0.717, 1.165) is 19.4 Å². The van der Waals surface area contributed by atoms with Crippen LogP contribution >= 0.6 is 11.3 Å². The van der Waals surface area contributed by atoms with Gasteiger partial charge in [-0.05, 0) is 42.5 Å². The van der Waals surface area contributed by atoms with Crippen LogP contribution in [0.2, 0.25) is 0 Å². The maximum absolute atomic E-state index is 4.15. The Morgan fingerprint density at radius 1 is 1.35 bits per heavy atom. The Balaban J connectivity index is 1.95. The van der Waals surface area contributed by atoms with Gasteiger partial charge in [-0.15, -0.1) is 11.3 Å². The van der Waals surface area contributed by atoms with Gasteiger partial charge in [-0.1, -0.05) is 19.1 Å². The molecule has 2 heterocycles. The first kappa shape index (κ1) is 12.3.